The Kier molecular flexibility index (Phi) is 4.73. The predicted octanol–water partition coefficient (Wildman–Crippen LogP) is 2.90. The van der Waals surface area contributed by atoms with Gasteiger partial charge in [0.25, 0.3) is 5.91 Å². The molecule has 0 atom stereocenters. The highest BCUT2D eigenvalue weighted by Crippen LogP contribution is 2.23. The molecule has 0 radical (unpaired) electrons. The van der Waals surface area contributed by atoms with E-state index in [2.05, 4.69) is 0 Å². The van der Waals surface area contributed by atoms with Crippen molar-refractivity contribution in [3.8, 4) is 0 Å². The largest absolute Gasteiger partial charge is 0.466 e. The van der Waals surface area contributed by atoms with Gasteiger partial charge in [-0.15, -0.1) is 0 Å². The molecule has 0 spiro atoms. The van der Waals surface area contributed by atoms with Gasteiger partial charge in [0.15, 0.2) is 0 Å². The fourth-order valence-electron chi connectivity index (χ4n) is 2.68. The van der Waals surface area contributed by atoms with Gasteiger partial charge in [-0.05, 0) is 41.5 Å². The lowest BCUT2D eigenvalue weighted by atomic mass is 10.1. The highest BCUT2D eigenvalue weighted by Gasteiger charge is 2.30. The van der Waals surface area contributed by atoms with Crippen LogP contribution in [0.25, 0.3) is 0 Å². The molecule has 128 valence electrons. The van der Waals surface area contributed by atoms with E-state index >= 15 is 0 Å². The van der Waals surface area contributed by atoms with Gasteiger partial charge in [0.1, 0.15) is 17.1 Å². The molecule has 23 heavy (non-hydrogen) atoms. The molecule has 0 bridgehead atoms. The molecule has 1 saturated heterocycles. The van der Waals surface area contributed by atoms with E-state index in [4.69, 9.17) is 9.15 Å². The first-order valence-electron chi connectivity index (χ1n) is 7.94. The lowest BCUT2D eigenvalue weighted by molar-refractivity contribution is 0.0140. The summed E-state index contributed by atoms with van der Waals surface area (Å²) in [7, 11) is 0. The fraction of sp³-hybridized carbons (Fsp3) is 0.647. The number of carbonyl (C=O) groups is 2. The summed E-state index contributed by atoms with van der Waals surface area (Å²) in [4.78, 5) is 28.2. The van der Waals surface area contributed by atoms with E-state index in [1.54, 1.807) is 9.80 Å². The minimum Gasteiger partial charge on any atom is -0.466 e. The zero-order valence-corrected chi connectivity index (χ0v) is 14.9. The van der Waals surface area contributed by atoms with Gasteiger partial charge in [-0.1, -0.05) is 0 Å². The van der Waals surface area contributed by atoms with E-state index in [9.17, 15) is 9.59 Å². The van der Waals surface area contributed by atoms with Crippen LogP contribution in [-0.4, -0.2) is 53.6 Å². The van der Waals surface area contributed by atoms with Crippen LogP contribution in [0.5, 0.6) is 0 Å². The quantitative estimate of drug-likeness (QED) is 0.797. The van der Waals surface area contributed by atoms with Gasteiger partial charge in [0.2, 0.25) is 0 Å². The molecule has 6 nitrogen and oxygen atoms in total. The van der Waals surface area contributed by atoms with Crippen molar-refractivity contribution in [1.29, 1.82) is 0 Å². The molecule has 0 aliphatic carbocycles. The Bertz CT molecular complexity index is 605. The summed E-state index contributed by atoms with van der Waals surface area (Å²) in [5.74, 6) is 1.40. The van der Waals surface area contributed by atoms with Crippen LogP contribution in [0.3, 0.4) is 0 Å². The molecule has 1 aliphatic heterocycles. The molecular weight excluding hydrogens is 296 g/mol. The van der Waals surface area contributed by atoms with Crippen LogP contribution in [0, 0.1) is 20.8 Å². The van der Waals surface area contributed by atoms with Crippen LogP contribution >= 0.6 is 0 Å². The average Bonchev–Trinajstić information content (AvgIpc) is 2.70. The van der Waals surface area contributed by atoms with Crippen molar-refractivity contribution >= 4 is 12.0 Å². The Labute approximate surface area is 137 Å². The highest BCUT2D eigenvalue weighted by molar-refractivity contribution is 5.97. The normalized spacial score (nSPS) is 15.7. The fourth-order valence-corrected chi connectivity index (χ4v) is 2.68. The van der Waals surface area contributed by atoms with Crippen LogP contribution in [0.1, 0.15) is 48.2 Å². The number of furan rings is 1. The Morgan fingerprint density at radius 1 is 0.957 bits per heavy atom. The first kappa shape index (κ1) is 17.4. The standard InChI is InChI=1S/C17H26N2O4/c1-11-12(2)22-13(3)14(11)15(20)18-7-9-19(10-8-18)16(21)23-17(4,5)6/h7-10H2,1-6H3. The molecule has 2 heterocycles. The third-order valence-electron chi connectivity index (χ3n) is 3.99. The Morgan fingerprint density at radius 3 is 1.91 bits per heavy atom. The van der Waals surface area contributed by atoms with Crippen LogP contribution < -0.4 is 0 Å². The highest BCUT2D eigenvalue weighted by atomic mass is 16.6. The van der Waals surface area contributed by atoms with E-state index in [0.29, 0.717) is 37.5 Å². The summed E-state index contributed by atoms with van der Waals surface area (Å²) in [5.41, 5.74) is 1.03. The number of carbonyl (C=O) groups excluding carboxylic acids is 2. The van der Waals surface area contributed by atoms with E-state index in [1.807, 2.05) is 41.5 Å². The van der Waals surface area contributed by atoms with Crippen molar-refractivity contribution in [3.63, 3.8) is 0 Å². The Balaban J connectivity index is 1.99. The third-order valence-corrected chi connectivity index (χ3v) is 3.99. The van der Waals surface area contributed by atoms with Crippen LogP contribution in [0.2, 0.25) is 0 Å². The maximum absolute atomic E-state index is 12.7. The zero-order valence-electron chi connectivity index (χ0n) is 14.9. The molecule has 1 aromatic rings. The van der Waals surface area contributed by atoms with E-state index < -0.39 is 5.60 Å². The number of nitrogens with zero attached hydrogens (tertiary/aromatic N) is 2. The lowest BCUT2D eigenvalue weighted by Gasteiger charge is -2.35. The van der Waals surface area contributed by atoms with E-state index in [1.165, 1.54) is 0 Å². The molecule has 0 aromatic carbocycles. The van der Waals surface area contributed by atoms with Crippen molar-refractivity contribution < 1.29 is 18.7 Å². The van der Waals surface area contributed by atoms with E-state index in [-0.39, 0.29) is 12.0 Å². The summed E-state index contributed by atoms with van der Waals surface area (Å²) in [6.07, 6.45) is -0.323. The van der Waals surface area contributed by atoms with Gasteiger partial charge in [0, 0.05) is 31.7 Å². The van der Waals surface area contributed by atoms with Crippen molar-refractivity contribution in [2.24, 2.45) is 0 Å². The number of hydrogen-bond acceptors (Lipinski definition) is 4. The summed E-state index contributed by atoms with van der Waals surface area (Å²) in [5, 5.41) is 0. The molecule has 0 N–H and O–H groups in total. The van der Waals surface area contributed by atoms with Gasteiger partial charge >= 0.3 is 6.09 Å². The minimum atomic E-state index is -0.507. The van der Waals surface area contributed by atoms with Gasteiger partial charge in [-0.3, -0.25) is 4.79 Å². The summed E-state index contributed by atoms with van der Waals surface area (Å²) in [6.45, 7) is 13.1. The smallest absolute Gasteiger partial charge is 0.410 e. The molecule has 6 heteroatoms. The first-order valence-corrected chi connectivity index (χ1v) is 7.94. The summed E-state index contributed by atoms with van der Waals surface area (Å²) < 4.78 is 10.9. The second kappa shape index (κ2) is 6.26. The average molecular weight is 322 g/mol. The number of aryl methyl sites for hydroxylation is 2. The van der Waals surface area contributed by atoms with Crippen molar-refractivity contribution in [2.45, 2.75) is 47.1 Å². The number of rotatable bonds is 1. The second-order valence-corrected chi connectivity index (χ2v) is 6.97. The predicted molar refractivity (Wildman–Crippen MR) is 86.6 cm³/mol. The van der Waals surface area contributed by atoms with Crippen molar-refractivity contribution in [1.82, 2.24) is 9.80 Å². The Morgan fingerprint density at radius 2 is 1.48 bits per heavy atom. The molecule has 2 rings (SSSR count). The topological polar surface area (TPSA) is 63.0 Å². The van der Waals surface area contributed by atoms with Crippen LogP contribution in [0.15, 0.2) is 4.42 Å². The lowest BCUT2D eigenvalue weighted by Crippen LogP contribution is -2.51. The molecule has 1 fully saturated rings. The van der Waals surface area contributed by atoms with Crippen LogP contribution in [0.4, 0.5) is 4.79 Å². The number of ether oxygens (including phenoxy) is 1. The van der Waals surface area contributed by atoms with Crippen molar-refractivity contribution in [3.05, 3.63) is 22.6 Å². The number of hydrogen-bond donors (Lipinski definition) is 0. The van der Waals surface area contributed by atoms with Crippen LogP contribution in [-0.2, 0) is 4.74 Å². The van der Waals surface area contributed by atoms with Crippen molar-refractivity contribution in [2.75, 3.05) is 26.2 Å². The molecule has 1 aromatic heterocycles. The first-order chi connectivity index (χ1) is 10.6. The molecular formula is C17H26N2O4. The van der Waals surface area contributed by atoms with Gasteiger partial charge in [-0.25, -0.2) is 4.79 Å². The summed E-state index contributed by atoms with van der Waals surface area (Å²) in [6, 6.07) is 0. The zero-order chi connectivity index (χ0) is 17.4. The maximum atomic E-state index is 12.7. The molecule has 1 aliphatic rings. The third kappa shape index (κ3) is 3.86. The van der Waals surface area contributed by atoms with Gasteiger partial charge in [0.05, 0.1) is 5.56 Å². The molecule has 0 unspecified atom stereocenters. The van der Waals surface area contributed by atoms with E-state index in [0.717, 1.165) is 11.3 Å². The minimum absolute atomic E-state index is 0.0271. The second-order valence-electron chi connectivity index (χ2n) is 6.97. The Hall–Kier alpha value is -1.98. The summed E-state index contributed by atoms with van der Waals surface area (Å²) >= 11 is 0. The molecule has 0 saturated carbocycles. The van der Waals surface area contributed by atoms with Gasteiger partial charge < -0.3 is 19.0 Å². The SMILES string of the molecule is Cc1oc(C)c(C(=O)N2CCN(C(=O)OC(C)(C)C)CC2)c1C. The number of piperazine rings is 1. The molecule has 2 amide bonds. The number of amides is 2. The maximum Gasteiger partial charge on any atom is 0.410 e. The van der Waals surface area contributed by atoms with Gasteiger partial charge in [-0.2, -0.15) is 0 Å². The monoisotopic (exact) mass is 322 g/mol.